The molecule has 9 heteroatoms. The molecule has 2 aromatic rings. The van der Waals surface area contributed by atoms with Crippen molar-refractivity contribution in [1.29, 1.82) is 0 Å². The number of halogens is 2. The van der Waals surface area contributed by atoms with Crippen LogP contribution in [0.25, 0.3) is 0 Å². The average molecular weight is 488 g/mol. The highest BCUT2D eigenvalue weighted by Gasteiger charge is 2.48. The molecule has 1 saturated heterocycles. The van der Waals surface area contributed by atoms with Crippen molar-refractivity contribution in [1.82, 2.24) is 9.88 Å². The lowest BCUT2D eigenvalue weighted by atomic mass is 9.83. The normalized spacial score (nSPS) is 20.2. The molecular weight excluding hydrogens is 461 g/mol. The monoisotopic (exact) mass is 487 g/mol. The van der Waals surface area contributed by atoms with E-state index in [0.29, 0.717) is 53.2 Å². The highest BCUT2D eigenvalue weighted by molar-refractivity contribution is 6.44. The van der Waals surface area contributed by atoms with Gasteiger partial charge in [0.2, 0.25) is 0 Å². The van der Waals surface area contributed by atoms with E-state index in [-0.39, 0.29) is 6.04 Å². The molecule has 0 saturated carbocycles. The van der Waals surface area contributed by atoms with E-state index in [2.05, 4.69) is 9.88 Å². The summed E-state index contributed by atoms with van der Waals surface area (Å²) in [5.74, 6) is 2.07. The van der Waals surface area contributed by atoms with Crippen molar-refractivity contribution in [2.24, 2.45) is 10.7 Å². The molecule has 2 aliphatic heterocycles. The predicted molar refractivity (Wildman–Crippen MR) is 132 cm³/mol. The number of nitrogens with two attached hydrogens (primary N) is 1. The van der Waals surface area contributed by atoms with E-state index in [9.17, 15) is 4.79 Å². The number of fused-ring (bicyclic) bond motifs is 1. The number of benzene rings is 1. The Hall–Kier alpha value is -2.61. The summed E-state index contributed by atoms with van der Waals surface area (Å²) < 4.78 is 6.29. The van der Waals surface area contributed by atoms with Crippen LogP contribution in [-0.4, -0.2) is 47.7 Å². The molecule has 1 atom stereocenters. The maximum atomic E-state index is 11.7. The second-order valence-corrected chi connectivity index (χ2v) is 9.25. The molecule has 1 fully saturated rings. The Morgan fingerprint density at radius 1 is 1.30 bits per heavy atom. The Bertz CT molecular complexity index is 1130. The fraction of sp³-hybridized carbons (Fsp3) is 0.375. The Labute approximate surface area is 203 Å². The molecule has 4 rings (SSSR count). The minimum absolute atomic E-state index is 0.210. The van der Waals surface area contributed by atoms with Crippen LogP contribution in [0.15, 0.2) is 53.0 Å². The van der Waals surface area contributed by atoms with E-state index in [1.54, 1.807) is 25.4 Å². The molecule has 2 N–H and O–H groups in total. The molecule has 1 unspecified atom stereocenters. The van der Waals surface area contributed by atoms with E-state index >= 15 is 0 Å². The summed E-state index contributed by atoms with van der Waals surface area (Å²) in [6, 6.07) is 7.16. The van der Waals surface area contributed by atoms with Crippen LogP contribution >= 0.6 is 23.2 Å². The van der Waals surface area contributed by atoms with Gasteiger partial charge in [0.25, 0.3) is 0 Å². The number of anilines is 1. The van der Waals surface area contributed by atoms with Gasteiger partial charge in [-0.1, -0.05) is 29.3 Å². The number of rotatable bonds is 4. The third-order valence-corrected chi connectivity index (χ3v) is 7.32. The molecule has 33 heavy (non-hydrogen) atoms. The zero-order chi connectivity index (χ0) is 23.8. The summed E-state index contributed by atoms with van der Waals surface area (Å²) in [5, 5.41) is 0.925. The smallest absolute Gasteiger partial charge is 0.149 e. The van der Waals surface area contributed by atoms with E-state index in [1.165, 1.54) is 0 Å². The minimum atomic E-state index is -0.466. The molecule has 174 valence electrons. The number of amidine groups is 1. The number of carbonyl (C=O) groups is 1. The van der Waals surface area contributed by atoms with E-state index in [0.717, 1.165) is 23.3 Å². The fourth-order valence-electron chi connectivity index (χ4n) is 4.42. The Balaban J connectivity index is 1.55. The van der Waals surface area contributed by atoms with E-state index in [1.807, 2.05) is 37.1 Å². The highest BCUT2D eigenvalue weighted by Crippen LogP contribution is 2.47. The molecule has 1 aromatic heterocycles. The Morgan fingerprint density at radius 3 is 2.70 bits per heavy atom. The first-order valence-corrected chi connectivity index (χ1v) is 11.6. The highest BCUT2D eigenvalue weighted by atomic mass is 35.5. The van der Waals surface area contributed by atoms with Gasteiger partial charge in [-0.05, 0) is 32.0 Å². The van der Waals surface area contributed by atoms with Gasteiger partial charge in [0.15, 0.2) is 0 Å². The summed E-state index contributed by atoms with van der Waals surface area (Å²) >= 11 is 12.6. The topological polar surface area (TPSA) is 84.0 Å². The maximum Gasteiger partial charge on any atom is 0.149 e. The van der Waals surface area contributed by atoms with E-state index in [4.69, 9.17) is 38.7 Å². The maximum absolute atomic E-state index is 11.7. The van der Waals surface area contributed by atoms with Gasteiger partial charge in [-0.3, -0.25) is 9.78 Å². The first kappa shape index (κ1) is 23.5. The van der Waals surface area contributed by atoms with Crippen LogP contribution in [0.2, 0.25) is 10.0 Å². The molecule has 1 aromatic carbocycles. The second-order valence-electron chi connectivity index (χ2n) is 8.46. The lowest BCUT2D eigenvalue weighted by molar-refractivity contribution is -0.105. The number of hydrogen-bond donors (Lipinski definition) is 1. The van der Waals surface area contributed by atoms with Gasteiger partial charge < -0.3 is 20.3 Å². The van der Waals surface area contributed by atoms with Crippen molar-refractivity contribution in [3.8, 4) is 5.75 Å². The van der Waals surface area contributed by atoms with Crippen LogP contribution in [0.5, 0.6) is 5.75 Å². The third kappa shape index (κ3) is 4.33. The average Bonchev–Trinajstić information content (AvgIpc) is 3.10. The van der Waals surface area contributed by atoms with Crippen molar-refractivity contribution in [3.63, 3.8) is 0 Å². The van der Waals surface area contributed by atoms with Crippen LogP contribution < -0.4 is 15.4 Å². The van der Waals surface area contributed by atoms with Gasteiger partial charge >= 0.3 is 0 Å². The molecular formula is C24H27Cl2N5O2. The van der Waals surface area contributed by atoms with Crippen LogP contribution in [0.4, 0.5) is 5.69 Å². The molecule has 7 nitrogen and oxygen atoms in total. The molecule has 0 aliphatic carbocycles. The van der Waals surface area contributed by atoms with Crippen LogP contribution in [0.3, 0.4) is 0 Å². The second kappa shape index (κ2) is 9.33. The number of pyridine rings is 1. The number of aliphatic imine (C=N–C) groups is 1. The first-order chi connectivity index (χ1) is 15.8. The van der Waals surface area contributed by atoms with Crippen LogP contribution in [0, 0.1) is 0 Å². The van der Waals surface area contributed by atoms with Crippen LogP contribution in [0.1, 0.15) is 38.3 Å². The van der Waals surface area contributed by atoms with Crippen molar-refractivity contribution < 1.29 is 9.53 Å². The molecule has 0 radical (unpaired) electrons. The predicted octanol–water partition coefficient (Wildman–Crippen LogP) is 4.60. The number of likely N-dealkylation sites (tertiary alicyclic amines) is 1. The quantitative estimate of drug-likeness (QED) is 0.293. The zero-order valence-electron chi connectivity index (χ0n) is 18.9. The summed E-state index contributed by atoms with van der Waals surface area (Å²) in [7, 11) is 1.87. The minimum Gasteiger partial charge on any atom is -0.483 e. The van der Waals surface area contributed by atoms with Gasteiger partial charge in [-0.25, -0.2) is 4.99 Å². The van der Waals surface area contributed by atoms with Crippen molar-refractivity contribution in [2.75, 3.05) is 25.0 Å². The van der Waals surface area contributed by atoms with Gasteiger partial charge in [-0.15, -0.1) is 0 Å². The van der Waals surface area contributed by atoms with Gasteiger partial charge in [-0.2, -0.15) is 0 Å². The number of aromatic nitrogens is 1. The zero-order valence-corrected chi connectivity index (χ0v) is 20.4. The number of ether oxygens (including phenoxy) is 1. The summed E-state index contributed by atoms with van der Waals surface area (Å²) in [6.45, 7) is 4.97. The third-order valence-electron chi connectivity index (χ3n) is 6.52. The number of nitrogens with zero attached hydrogens (tertiary/aromatic N) is 4. The van der Waals surface area contributed by atoms with Gasteiger partial charge in [0.05, 0.1) is 28.0 Å². The lowest BCUT2D eigenvalue weighted by Crippen LogP contribution is -2.51. The van der Waals surface area contributed by atoms with Crippen molar-refractivity contribution in [3.05, 3.63) is 63.7 Å². The van der Waals surface area contributed by atoms with Gasteiger partial charge in [0, 0.05) is 50.3 Å². The number of carbonyl (C=O) groups excluding carboxylic acids is 1. The molecule has 1 spiro atoms. The first-order valence-electron chi connectivity index (χ1n) is 10.8. The van der Waals surface area contributed by atoms with Crippen molar-refractivity contribution >= 4 is 41.0 Å². The molecule has 2 aliphatic rings. The molecule has 3 heterocycles. The number of hydrogen-bond acceptors (Lipinski definition) is 6. The SMILES string of the molecule is CC(=N/C(=C(/C)C=O)N1CCC2(CC1)Oc1cnccc1C2N)N(C)c1cccc(Cl)c1Cl. The summed E-state index contributed by atoms with van der Waals surface area (Å²) in [5.41, 5.74) is 8.40. The number of aldehydes is 1. The number of piperidine rings is 1. The Morgan fingerprint density at radius 2 is 2.03 bits per heavy atom. The molecule has 0 amide bonds. The van der Waals surface area contributed by atoms with E-state index < -0.39 is 5.60 Å². The Kier molecular flexibility index (Phi) is 6.66. The largest absolute Gasteiger partial charge is 0.483 e. The summed E-state index contributed by atoms with van der Waals surface area (Å²) in [6.07, 6.45) is 5.72. The van der Waals surface area contributed by atoms with Crippen molar-refractivity contribution in [2.45, 2.75) is 38.3 Å². The number of allylic oxidation sites excluding steroid dienone is 1. The standard InChI is InChI=1S/C24H27Cl2N5O2/c1-15(14-32)23(29-16(2)30(3)19-6-4-5-18(25)21(19)26)31-11-8-24(9-12-31)22(27)17-7-10-28-13-20(17)33-24/h4-7,10,13-14,22H,8-9,11-12,27H2,1-3H3/b23-15+,29-16?. The lowest BCUT2D eigenvalue weighted by Gasteiger charge is -2.42. The molecule has 0 bridgehead atoms. The summed E-state index contributed by atoms with van der Waals surface area (Å²) in [4.78, 5) is 24.7. The van der Waals surface area contributed by atoms with Gasteiger partial charge in [0.1, 0.15) is 29.3 Å². The fourth-order valence-corrected chi connectivity index (χ4v) is 4.85. The van der Waals surface area contributed by atoms with Crippen LogP contribution in [-0.2, 0) is 4.79 Å².